The van der Waals surface area contributed by atoms with Crippen LogP contribution in [0.2, 0.25) is 5.02 Å². The van der Waals surface area contributed by atoms with Crippen LogP contribution in [0.3, 0.4) is 0 Å². The van der Waals surface area contributed by atoms with Crippen molar-refractivity contribution in [3.63, 3.8) is 0 Å². The summed E-state index contributed by atoms with van der Waals surface area (Å²) in [6, 6.07) is 14.7. The maximum absolute atomic E-state index is 12.9. The first-order chi connectivity index (χ1) is 13.0. The van der Waals surface area contributed by atoms with Gasteiger partial charge in [0.2, 0.25) is 6.10 Å². The lowest BCUT2D eigenvalue weighted by Crippen LogP contribution is -2.23. The molecule has 1 fully saturated rings. The van der Waals surface area contributed by atoms with Gasteiger partial charge < -0.3 is 9.47 Å². The van der Waals surface area contributed by atoms with Crippen LogP contribution < -0.4 is 0 Å². The van der Waals surface area contributed by atoms with Gasteiger partial charge in [-0.25, -0.2) is 14.6 Å². The summed E-state index contributed by atoms with van der Waals surface area (Å²) >= 11 is 6.13. The van der Waals surface area contributed by atoms with Gasteiger partial charge >= 0.3 is 11.9 Å². The van der Waals surface area contributed by atoms with Crippen molar-refractivity contribution in [3.05, 3.63) is 64.7 Å². The number of fused-ring (bicyclic) bond motifs is 1. The van der Waals surface area contributed by atoms with Crippen LogP contribution in [0.1, 0.15) is 22.3 Å². The minimum Gasteiger partial charge on any atom is -0.463 e. The van der Waals surface area contributed by atoms with E-state index < -0.39 is 18.0 Å². The Morgan fingerprint density at radius 3 is 2.78 bits per heavy atom. The number of esters is 2. The smallest absolute Gasteiger partial charge is 0.347 e. The first kappa shape index (κ1) is 17.5. The SMILES string of the molecule is Cc1c(-c2cccc(Cl)c2)nc2ccccc2c1C(=O)O[C@H]1CCOC1=O. The van der Waals surface area contributed by atoms with Gasteiger partial charge in [-0.1, -0.05) is 41.9 Å². The van der Waals surface area contributed by atoms with Crippen molar-refractivity contribution in [2.45, 2.75) is 19.4 Å². The number of carbonyl (C=O) groups is 2. The van der Waals surface area contributed by atoms with E-state index in [0.717, 1.165) is 5.56 Å². The third-order valence-corrected chi connectivity index (χ3v) is 4.81. The maximum Gasteiger partial charge on any atom is 0.347 e. The number of para-hydroxylation sites is 1. The second-order valence-electron chi connectivity index (χ2n) is 6.34. The Morgan fingerprint density at radius 2 is 2.04 bits per heavy atom. The highest BCUT2D eigenvalue weighted by Crippen LogP contribution is 2.31. The zero-order chi connectivity index (χ0) is 19.0. The van der Waals surface area contributed by atoms with Gasteiger partial charge in [-0.3, -0.25) is 0 Å². The molecule has 0 N–H and O–H groups in total. The zero-order valence-electron chi connectivity index (χ0n) is 14.6. The van der Waals surface area contributed by atoms with Gasteiger partial charge in [-0.2, -0.15) is 0 Å². The molecule has 1 aromatic heterocycles. The molecule has 0 aliphatic carbocycles. The van der Waals surface area contributed by atoms with E-state index in [1.54, 1.807) is 12.1 Å². The molecule has 1 aliphatic heterocycles. The number of cyclic esters (lactones) is 1. The van der Waals surface area contributed by atoms with Crippen LogP contribution in [0.4, 0.5) is 0 Å². The van der Waals surface area contributed by atoms with Gasteiger partial charge in [-0.15, -0.1) is 0 Å². The highest BCUT2D eigenvalue weighted by atomic mass is 35.5. The second kappa shape index (κ2) is 7.00. The van der Waals surface area contributed by atoms with Crippen molar-refractivity contribution in [1.29, 1.82) is 0 Å². The molecule has 1 saturated heterocycles. The van der Waals surface area contributed by atoms with E-state index in [2.05, 4.69) is 0 Å². The Balaban J connectivity index is 1.86. The average molecular weight is 382 g/mol. The van der Waals surface area contributed by atoms with Crippen LogP contribution in [0, 0.1) is 6.92 Å². The molecule has 136 valence electrons. The van der Waals surface area contributed by atoms with E-state index in [1.807, 2.05) is 43.3 Å². The molecule has 0 radical (unpaired) electrons. The molecular formula is C21H16ClNO4. The Morgan fingerprint density at radius 1 is 1.22 bits per heavy atom. The summed E-state index contributed by atoms with van der Waals surface area (Å²) in [6.45, 7) is 2.08. The van der Waals surface area contributed by atoms with Gasteiger partial charge in [0.15, 0.2) is 0 Å². The van der Waals surface area contributed by atoms with E-state index in [9.17, 15) is 9.59 Å². The monoisotopic (exact) mass is 381 g/mol. The Hall–Kier alpha value is -2.92. The first-order valence-electron chi connectivity index (χ1n) is 8.57. The quantitative estimate of drug-likeness (QED) is 0.631. The molecule has 4 rings (SSSR count). The van der Waals surface area contributed by atoms with Crippen molar-refractivity contribution in [1.82, 2.24) is 4.98 Å². The second-order valence-corrected chi connectivity index (χ2v) is 6.77. The molecule has 2 heterocycles. The molecule has 27 heavy (non-hydrogen) atoms. The number of benzene rings is 2. The van der Waals surface area contributed by atoms with Gasteiger partial charge in [0.1, 0.15) is 0 Å². The lowest BCUT2D eigenvalue weighted by Gasteiger charge is -2.15. The first-order valence-corrected chi connectivity index (χ1v) is 8.95. The lowest BCUT2D eigenvalue weighted by atomic mass is 9.97. The normalized spacial score (nSPS) is 16.4. The number of nitrogens with zero attached hydrogens (tertiary/aromatic N) is 1. The topological polar surface area (TPSA) is 65.5 Å². The number of pyridine rings is 1. The summed E-state index contributed by atoms with van der Waals surface area (Å²) in [7, 11) is 0. The minimum atomic E-state index is -0.863. The standard InChI is InChI=1S/C21H16ClNO4/c1-12-18(21(25)27-17-9-10-26-20(17)24)15-7-2-3-8-16(15)23-19(12)13-5-4-6-14(22)11-13/h2-8,11,17H,9-10H2,1H3/t17-/m0/s1. The predicted molar refractivity (Wildman–Crippen MR) is 102 cm³/mol. The fraction of sp³-hybridized carbons (Fsp3) is 0.190. The van der Waals surface area contributed by atoms with Crippen LogP contribution >= 0.6 is 11.6 Å². The van der Waals surface area contributed by atoms with Crippen molar-refractivity contribution < 1.29 is 19.1 Å². The molecule has 6 heteroatoms. The molecule has 0 saturated carbocycles. The number of hydrogen-bond donors (Lipinski definition) is 0. The zero-order valence-corrected chi connectivity index (χ0v) is 15.3. The number of carbonyl (C=O) groups excluding carboxylic acids is 2. The number of ether oxygens (including phenoxy) is 2. The summed E-state index contributed by atoms with van der Waals surface area (Å²) in [4.78, 5) is 29.4. The molecule has 1 atom stereocenters. The van der Waals surface area contributed by atoms with E-state index in [4.69, 9.17) is 26.1 Å². The fourth-order valence-corrected chi connectivity index (χ4v) is 3.45. The lowest BCUT2D eigenvalue weighted by molar-refractivity contribution is -0.145. The highest BCUT2D eigenvalue weighted by Gasteiger charge is 2.32. The molecule has 5 nitrogen and oxygen atoms in total. The van der Waals surface area contributed by atoms with Crippen LogP contribution in [0.15, 0.2) is 48.5 Å². The third kappa shape index (κ3) is 3.26. The van der Waals surface area contributed by atoms with Crippen LogP contribution in [0.5, 0.6) is 0 Å². The summed E-state index contributed by atoms with van der Waals surface area (Å²) in [5, 5.41) is 1.26. The van der Waals surface area contributed by atoms with E-state index >= 15 is 0 Å². The van der Waals surface area contributed by atoms with E-state index in [1.165, 1.54) is 0 Å². The maximum atomic E-state index is 12.9. The third-order valence-electron chi connectivity index (χ3n) is 4.57. The number of halogens is 1. The van der Waals surface area contributed by atoms with Gasteiger partial charge in [0.05, 0.1) is 23.4 Å². The molecule has 1 aliphatic rings. The Labute approximate surface area is 160 Å². The number of aromatic nitrogens is 1. The van der Waals surface area contributed by atoms with Crippen molar-refractivity contribution in [2.24, 2.45) is 0 Å². The van der Waals surface area contributed by atoms with Crippen LogP contribution in [-0.4, -0.2) is 29.6 Å². The average Bonchev–Trinajstić information content (AvgIpc) is 3.05. The summed E-state index contributed by atoms with van der Waals surface area (Å²) in [5.74, 6) is -1.06. The van der Waals surface area contributed by atoms with Crippen LogP contribution in [-0.2, 0) is 14.3 Å². The van der Waals surface area contributed by atoms with Gasteiger partial charge in [0, 0.05) is 22.4 Å². The van der Waals surface area contributed by atoms with Crippen molar-refractivity contribution in [2.75, 3.05) is 6.61 Å². The molecular weight excluding hydrogens is 366 g/mol. The largest absolute Gasteiger partial charge is 0.463 e. The molecule has 0 bridgehead atoms. The van der Waals surface area contributed by atoms with E-state index in [-0.39, 0.29) is 6.61 Å². The molecule has 2 aromatic carbocycles. The molecule has 0 amide bonds. The summed E-state index contributed by atoms with van der Waals surface area (Å²) in [5.41, 5.74) is 3.19. The van der Waals surface area contributed by atoms with E-state index in [0.29, 0.717) is 39.2 Å². The number of rotatable bonds is 3. The van der Waals surface area contributed by atoms with Gasteiger partial charge in [-0.05, 0) is 30.7 Å². The highest BCUT2D eigenvalue weighted by molar-refractivity contribution is 6.30. The minimum absolute atomic E-state index is 0.265. The van der Waals surface area contributed by atoms with Crippen molar-refractivity contribution in [3.8, 4) is 11.3 Å². The molecule has 0 spiro atoms. The molecule has 3 aromatic rings. The Bertz CT molecular complexity index is 1060. The summed E-state index contributed by atoms with van der Waals surface area (Å²) < 4.78 is 10.3. The number of hydrogen-bond acceptors (Lipinski definition) is 5. The molecule has 0 unspecified atom stereocenters. The van der Waals surface area contributed by atoms with Crippen LogP contribution in [0.25, 0.3) is 22.2 Å². The predicted octanol–water partition coefficient (Wildman–Crippen LogP) is 4.34. The van der Waals surface area contributed by atoms with Gasteiger partial charge in [0.25, 0.3) is 0 Å². The van der Waals surface area contributed by atoms with Crippen molar-refractivity contribution >= 4 is 34.4 Å². The Kier molecular flexibility index (Phi) is 4.54. The summed E-state index contributed by atoms with van der Waals surface area (Å²) in [6.07, 6.45) is -0.494. The fourth-order valence-electron chi connectivity index (χ4n) is 3.26.